The zero-order valence-electron chi connectivity index (χ0n) is 12.2. The van der Waals surface area contributed by atoms with E-state index >= 15 is 0 Å². The monoisotopic (exact) mass is 268 g/mol. The van der Waals surface area contributed by atoms with Gasteiger partial charge in [0.1, 0.15) is 0 Å². The van der Waals surface area contributed by atoms with Crippen molar-refractivity contribution < 1.29 is 9.90 Å². The minimum Gasteiger partial charge on any atom is -0.394 e. The van der Waals surface area contributed by atoms with Gasteiger partial charge in [0.05, 0.1) is 18.7 Å². The Kier molecular flexibility index (Phi) is 5.22. The van der Waals surface area contributed by atoms with Crippen LogP contribution in [0.3, 0.4) is 0 Å². The van der Waals surface area contributed by atoms with Crippen molar-refractivity contribution in [3.63, 3.8) is 0 Å². The second-order valence-corrected chi connectivity index (χ2v) is 6.62. The minimum absolute atomic E-state index is 0.0312. The van der Waals surface area contributed by atoms with E-state index in [-0.39, 0.29) is 24.6 Å². The smallest absolute Gasteiger partial charge is 0.237 e. The molecule has 1 heterocycles. The molecule has 4 nitrogen and oxygen atoms in total. The summed E-state index contributed by atoms with van der Waals surface area (Å²) >= 11 is 0. The number of hydrogen-bond donors (Lipinski definition) is 3. The topological polar surface area (TPSA) is 61.4 Å². The Balaban J connectivity index is 1.83. The molecule has 4 unspecified atom stereocenters. The van der Waals surface area contributed by atoms with Crippen molar-refractivity contribution >= 4 is 5.91 Å². The van der Waals surface area contributed by atoms with Crippen LogP contribution in [-0.2, 0) is 4.79 Å². The number of aliphatic hydroxyl groups excluding tert-OH is 1. The SMILES string of the molecule is CC(C)CC(CO)NC(=O)C1CC2CCCCC2N1. The van der Waals surface area contributed by atoms with Crippen molar-refractivity contribution in [1.29, 1.82) is 0 Å². The van der Waals surface area contributed by atoms with Crippen LogP contribution in [0.25, 0.3) is 0 Å². The largest absolute Gasteiger partial charge is 0.394 e. The standard InChI is InChI=1S/C15H28N2O2/c1-10(2)7-12(9-18)16-15(19)14-8-11-5-3-4-6-13(11)17-14/h10-14,17-18H,3-9H2,1-2H3,(H,16,19). The van der Waals surface area contributed by atoms with Crippen LogP contribution in [0.2, 0.25) is 0 Å². The molecule has 0 aromatic carbocycles. The fourth-order valence-electron chi connectivity index (χ4n) is 3.57. The quantitative estimate of drug-likeness (QED) is 0.707. The van der Waals surface area contributed by atoms with Crippen LogP contribution in [0, 0.1) is 11.8 Å². The Morgan fingerprint density at radius 1 is 1.37 bits per heavy atom. The highest BCUT2D eigenvalue weighted by Crippen LogP contribution is 2.33. The summed E-state index contributed by atoms with van der Waals surface area (Å²) in [4.78, 5) is 12.3. The van der Waals surface area contributed by atoms with Crippen molar-refractivity contribution in [3.8, 4) is 0 Å². The van der Waals surface area contributed by atoms with E-state index < -0.39 is 0 Å². The average molecular weight is 268 g/mol. The number of hydrogen-bond acceptors (Lipinski definition) is 3. The molecular formula is C15H28N2O2. The molecule has 1 saturated carbocycles. The third-order valence-corrected chi connectivity index (χ3v) is 4.50. The van der Waals surface area contributed by atoms with Gasteiger partial charge in [0, 0.05) is 6.04 Å². The maximum Gasteiger partial charge on any atom is 0.237 e. The summed E-state index contributed by atoms with van der Waals surface area (Å²) in [6, 6.07) is 0.397. The molecule has 1 aliphatic heterocycles. The molecule has 1 saturated heterocycles. The summed E-state index contributed by atoms with van der Waals surface area (Å²) in [6.45, 7) is 4.25. The van der Waals surface area contributed by atoms with Crippen molar-refractivity contribution in [1.82, 2.24) is 10.6 Å². The summed E-state index contributed by atoms with van der Waals surface area (Å²) in [5, 5.41) is 15.8. The minimum atomic E-state index is -0.100. The van der Waals surface area contributed by atoms with Gasteiger partial charge in [-0.25, -0.2) is 0 Å². The molecule has 1 aliphatic carbocycles. The van der Waals surface area contributed by atoms with Gasteiger partial charge in [-0.3, -0.25) is 4.79 Å². The number of aliphatic hydroxyl groups is 1. The highest BCUT2D eigenvalue weighted by molar-refractivity contribution is 5.82. The molecule has 1 amide bonds. The molecule has 0 aromatic rings. The van der Waals surface area contributed by atoms with Crippen molar-refractivity contribution in [2.45, 2.75) is 70.5 Å². The number of fused-ring (bicyclic) bond motifs is 1. The van der Waals surface area contributed by atoms with E-state index in [0.717, 1.165) is 12.8 Å². The Bertz CT molecular complexity index is 293. The molecule has 0 aromatic heterocycles. The van der Waals surface area contributed by atoms with Crippen LogP contribution in [0.15, 0.2) is 0 Å². The molecule has 0 spiro atoms. The maximum absolute atomic E-state index is 12.3. The average Bonchev–Trinajstić information content (AvgIpc) is 2.81. The first-order chi connectivity index (χ1) is 9.10. The van der Waals surface area contributed by atoms with E-state index in [1.54, 1.807) is 0 Å². The van der Waals surface area contributed by atoms with Gasteiger partial charge in [0.2, 0.25) is 5.91 Å². The molecule has 19 heavy (non-hydrogen) atoms. The first-order valence-electron chi connectivity index (χ1n) is 7.77. The Morgan fingerprint density at radius 2 is 2.11 bits per heavy atom. The van der Waals surface area contributed by atoms with E-state index in [2.05, 4.69) is 24.5 Å². The van der Waals surface area contributed by atoms with Crippen LogP contribution in [0.4, 0.5) is 0 Å². The van der Waals surface area contributed by atoms with Crippen LogP contribution < -0.4 is 10.6 Å². The van der Waals surface area contributed by atoms with Crippen LogP contribution in [0.5, 0.6) is 0 Å². The molecule has 2 rings (SSSR count). The van der Waals surface area contributed by atoms with Gasteiger partial charge in [-0.05, 0) is 37.5 Å². The fraction of sp³-hybridized carbons (Fsp3) is 0.933. The van der Waals surface area contributed by atoms with Crippen LogP contribution in [0.1, 0.15) is 52.4 Å². The van der Waals surface area contributed by atoms with Crippen LogP contribution >= 0.6 is 0 Å². The zero-order valence-corrected chi connectivity index (χ0v) is 12.2. The Hall–Kier alpha value is -0.610. The predicted molar refractivity (Wildman–Crippen MR) is 75.8 cm³/mol. The summed E-state index contributed by atoms with van der Waals surface area (Å²) in [6.07, 6.45) is 6.87. The molecule has 110 valence electrons. The van der Waals surface area contributed by atoms with E-state index in [1.807, 2.05) is 0 Å². The number of amides is 1. The first-order valence-corrected chi connectivity index (χ1v) is 7.77. The van der Waals surface area contributed by atoms with Gasteiger partial charge < -0.3 is 15.7 Å². The number of carbonyl (C=O) groups is 1. The van der Waals surface area contributed by atoms with Crippen molar-refractivity contribution in [3.05, 3.63) is 0 Å². The highest BCUT2D eigenvalue weighted by Gasteiger charge is 2.38. The Labute approximate surface area is 116 Å². The molecular weight excluding hydrogens is 240 g/mol. The normalized spacial score (nSPS) is 32.1. The van der Waals surface area contributed by atoms with Gasteiger partial charge in [-0.2, -0.15) is 0 Å². The molecule has 4 heteroatoms. The van der Waals surface area contributed by atoms with E-state index in [1.165, 1.54) is 25.7 Å². The highest BCUT2D eigenvalue weighted by atomic mass is 16.3. The maximum atomic E-state index is 12.3. The van der Waals surface area contributed by atoms with Gasteiger partial charge in [0.15, 0.2) is 0 Å². The number of rotatable bonds is 5. The second-order valence-electron chi connectivity index (χ2n) is 6.62. The van der Waals surface area contributed by atoms with E-state index in [9.17, 15) is 9.90 Å². The third kappa shape index (κ3) is 3.93. The van der Waals surface area contributed by atoms with Gasteiger partial charge in [0.25, 0.3) is 0 Å². The lowest BCUT2D eigenvalue weighted by Gasteiger charge is -2.24. The summed E-state index contributed by atoms with van der Waals surface area (Å²) in [5.41, 5.74) is 0. The molecule has 0 bridgehead atoms. The fourth-order valence-corrected chi connectivity index (χ4v) is 3.57. The van der Waals surface area contributed by atoms with Crippen molar-refractivity contribution in [2.75, 3.05) is 6.61 Å². The predicted octanol–water partition coefficient (Wildman–Crippen LogP) is 1.43. The number of carbonyl (C=O) groups excluding carboxylic acids is 1. The van der Waals surface area contributed by atoms with E-state index in [4.69, 9.17) is 0 Å². The summed E-state index contributed by atoms with van der Waals surface area (Å²) in [5.74, 6) is 1.24. The van der Waals surface area contributed by atoms with Crippen molar-refractivity contribution in [2.24, 2.45) is 11.8 Å². The van der Waals surface area contributed by atoms with Crippen LogP contribution in [-0.4, -0.2) is 35.7 Å². The molecule has 2 aliphatic rings. The summed E-state index contributed by atoms with van der Waals surface area (Å²) < 4.78 is 0. The lowest BCUT2D eigenvalue weighted by atomic mass is 9.85. The first kappa shape index (κ1) is 14.8. The number of nitrogens with one attached hydrogen (secondary N) is 2. The zero-order chi connectivity index (χ0) is 13.8. The molecule has 2 fully saturated rings. The molecule has 0 radical (unpaired) electrons. The van der Waals surface area contributed by atoms with E-state index in [0.29, 0.717) is 17.9 Å². The van der Waals surface area contributed by atoms with Gasteiger partial charge in [-0.15, -0.1) is 0 Å². The lowest BCUT2D eigenvalue weighted by Crippen LogP contribution is -2.48. The lowest BCUT2D eigenvalue weighted by molar-refractivity contribution is -0.124. The molecule has 3 N–H and O–H groups in total. The Morgan fingerprint density at radius 3 is 2.74 bits per heavy atom. The molecule has 4 atom stereocenters. The third-order valence-electron chi connectivity index (χ3n) is 4.50. The van der Waals surface area contributed by atoms with Gasteiger partial charge in [-0.1, -0.05) is 26.7 Å². The van der Waals surface area contributed by atoms with Gasteiger partial charge >= 0.3 is 0 Å². The summed E-state index contributed by atoms with van der Waals surface area (Å²) in [7, 11) is 0. The second kappa shape index (κ2) is 6.71.